The molecule has 1 aliphatic rings. The van der Waals surface area contributed by atoms with Crippen molar-refractivity contribution >= 4 is 17.8 Å². The van der Waals surface area contributed by atoms with Crippen LogP contribution in [0.1, 0.15) is 35.7 Å². The minimum absolute atomic E-state index is 0.0490. The fraction of sp³-hybridized carbons (Fsp3) is 0.357. The van der Waals surface area contributed by atoms with E-state index in [-0.39, 0.29) is 30.2 Å². The lowest BCUT2D eigenvalue weighted by molar-refractivity contribution is -0.151. The molecule has 2 heterocycles. The lowest BCUT2D eigenvalue weighted by Crippen LogP contribution is -2.45. The molecule has 4 rings (SSSR count). The number of benzene rings is 2. The molecular formula is C28H32N4O4. The molecule has 3 aromatic rings. The highest BCUT2D eigenvalue weighted by Gasteiger charge is 2.30. The number of likely N-dealkylation sites (N-methyl/N-ethyl adjacent to an activating group) is 1. The van der Waals surface area contributed by atoms with Crippen molar-refractivity contribution < 1.29 is 19.1 Å². The zero-order valence-electron chi connectivity index (χ0n) is 21.0. The maximum absolute atomic E-state index is 13.6. The second-order valence-corrected chi connectivity index (χ2v) is 9.05. The van der Waals surface area contributed by atoms with Crippen molar-refractivity contribution in [2.75, 3.05) is 33.3 Å². The lowest BCUT2D eigenvalue weighted by Gasteiger charge is -2.32. The number of likely N-dealkylation sites (tertiary alicyclic amines) is 1. The van der Waals surface area contributed by atoms with E-state index >= 15 is 0 Å². The summed E-state index contributed by atoms with van der Waals surface area (Å²) in [5, 5.41) is 4.75. The Balaban J connectivity index is 1.51. The Morgan fingerprint density at radius 3 is 2.36 bits per heavy atom. The molecule has 36 heavy (non-hydrogen) atoms. The van der Waals surface area contributed by atoms with Gasteiger partial charge >= 0.3 is 5.97 Å². The number of para-hydroxylation sites is 1. The number of esters is 1. The van der Waals surface area contributed by atoms with E-state index in [9.17, 15) is 14.4 Å². The van der Waals surface area contributed by atoms with Crippen molar-refractivity contribution in [2.45, 2.75) is 26.7 Å². The number of piperidine rings is 1. The molecule has 0 saturated carbocycles. The molecule has 0 unspecified atom stereocenters. The van der Waals surface area contributed by atoms with Crippen LogP contribution in [0.5, 0.6) is 0 Å². The molecule has 1 saturated heterocycles. The molecule has 8 heteroatoms. The van der Waals surface area contributed by atoms with Crippen LogP contribution in [-0.4, -0.2) is 70.7 Å². The summed E-state index contributed by atoms with van der Waals surface area (Å²) in [6.45, 7) is 5.04. The molecule has 8 nitrogen and oxygen atoms in total. The monoisotopic (exact) mass is 488 g/mol. The SMILES string of the molecule is CCOC(=O)C1CCN(C(=O)CN(C)C(=O)c2cn(-c3ccccc3)nc2-c2ccccc2C)CC1. The number of aromatic nitrogens is 2. The largest absolute Gasteiger partial charge is 0.466 e. The second-order valence-electron chi connectivity index (χ2n) is 9.05. The molecule has 1 aromatic heterocycles. The van der Waals surface area contributed by atoms with Crippen molar-refractivity contribution in [3.05, 3.63) is 71.9 Å². The number of amides is 2. The van der Waals surface area contributed by atoms with Crippen LogP contribution in [-0.2, 0) is 14.3 Å². The summed E-state index contributed by atoms with van der Waals surface area (Å²) in [6, 6.07) is 17.4. The van der Waals surface area contributed by atoms with Crippen LogP contribution in [0, 0.1) is 12.8 Å². The van der Waals surface area contributed by atoms with Gasteiger partial charge in [-0.25, -0.2) is 4.68 Å². The van der Waals surface area contributed by atoms with Crippen molar-refractivity contribution in [2.24, 2.45) is 5.92 Å². The van der Waals surface area contributed by atoms with Crippen LogP contribution in [0.3, 0.4) is 0 Å². The standard InChI is InChI=1S/C28H32N4O4/c1-4-36-28(35)21-14-16-31(17-15-21)25(33)19-30(3)27(34)24-18-32(22-11-6-5-7-12-22)29-26(24)23-13-9-8-10-20(23)2/h5-13,18,21H,4,14-17,19H2,1-3H3. The van der Waals surface area contributed by atoms with Gasteiger partial charge in [0.1, 0.15) is 5.69 Å². The van der Waals surface area contributed by atoms with Crippen LogP contribution in [0.4, 0.5) is 0 Å². The molecule has 0 spiro atoms. The molecule has 0 atom stereocenters. The van der Waals surface area contributed by atoms with Gasteiger partial charge < -0.3 is 14.5 Å². The third kappa shape index (κ3) is 5.48. The summed E-state index contributed by atoms with van der Waals surface area (Å²) in [5.41, 5.74) is 3.74. The Morgan fingerprint density at radius 2 is 1.69 bits per heavy atom. The Morgan fingerprint density at radius 1 is 1.03 bits per heavy atom. The maximum Gasteiger partial charge on any atom is 0.309 e. The molecule has 2 amide bonds. The first-order valence-electron chi connectivity index (χ1n) is 12.3. The van der Waals surface area contributed by atoms with E-state index in [0.29, 0.717) is 43.8 Å². The van der Waals surface area contributed by atoms with E-state index in [1.807, 2.05) is 61.5 Å². The van der Waals surface area contributed by atoms with Crippen molar-refractivity contribution in [3.63, 3.8) is 0 Å². The Bertz CT molecular complexity index is 1230. The summed E-state index contributed by atoms with van der Waals surface area (Å²) in [7, 11) is 1.63. The maximum atomic E-state index is 13.6. The lowest BCUT2D eigenvalue weighted by atomic mass is 9.97. The number of ether oxygens (including phenoxy) is 1. The van der Waals surface area contributed by atoms with Gasteiger partial charge in [-0.2, -0.15) is 5.10 Å². The Kier molecular flexibility index (Phi) is 7.83. The molecule has 2 aromatic carbocycles. The molecule has 188 valence electrons. The quantitative estimate of drug-likeness (QED) is 0.473. The van der Waals surface area contributed by atoms with Gasteiger partial charge in [-0.1, -0.05) is 42.5 Å². The van der Waals surface area contributed by atoms with Gasteiger partial charge in [0.25, 0.3) is 5.91 Å². The number of nitrogens with zero attached hydrogens (tertiary/aromatic N) is 4. The van der Waals surface area contributed by atoms with E-state index in [1.54, 1.807) is 29.7 Å². The van der Waals surface area contributed by atoms with Crippen LogP contribution in [0.2, 0.25) is 0 Å². The fourth-order valence-electron chi connectivity index (χ4n) is 4.49. The highest BCUT2D eigenvalue weighted by atomic mass is 16.5. The normalized spacial score (nSPS) is 13.9. The molecule has 0 radical (unpaired) electrons. The molecular weight excluding hydrogens is 456 g/mol. The van der Waals surface area contributed by atoms with Gasteiger partial charge in [-0.3, -0.25) is 14.4 Å². The minimum Gasteiger partial charge on any atom is -0.466 e. The summed E-state index contributed by atoms with van der Waals surface area (Å²) in [4.78, 5) is 41.7. The van der Waals surface area contributed by atoms with E-state index in [1.165, 1.54) is 4.90 Å². The number of aryl methyl sites for hydroxylation is 1. The summed E-state index contributed by atoms with van der Waals surface area (Å²) >= 11 is 0. The van der Waals surface area contributed by atoms with Crippen molar-refractivity contribution in [3.8, 4) is 16.9 Å². The van der Waals surface area contributed by atoms with Crippen LogP contribution in [0.15, 0.2) is 60.8 Å². The summed E-state index contributed by atoms with van der Waals surface area (Å²) < 4.78 is 6.81. The number of hydrogen-bond donors (Lipinski definition) is 0. The van der Waals surface area contributed by atoms with Gasteiger partial charge in [-0.15, -0.1) is 0 Å². The topological polar surface area (TPSA) is 84.7 Å². The Labute approximate surface area is 211 Å². The van der Waals surface area contributed by atoms with Gasteiger partial charge in [0.05, 0.1) is 30.3 Å². The fourth-order valence-corrected chi connectivity index (χ4v) is 4.49. The molecule has 0 bridgehead atoms. The van der Waals surface area contributed by atoms with Crippen LogP contribution in [0.25, 0.3) is 16.9 Å². The molecule has 0 aliphatic carbocycles. The number of hydrogen-bond acceptors (Lipinski definition) is 5. The summed E-state index contributed by atoms with van der Waals surface area (Å²) in [5.74, 6) is -0.781. The molecule has 1 fully saturated rings. The number of carbonyl (C=O) groups is 3. The highest BCUT2D eigenvalue weighted by molar-refractivity contribution is 6.01. The van der Waals surface area contributed by atoms with Gasteiger partial charge in [0.2, 0.25) is 5.91 Å². The van der Waals surface area contributed by atoms with E-state index < -0.39 is 0 Å². The zero-order valence-corrected chi connectivity index (χ0v) is 21.0. The minimum atomic E-state index is -0.273. The van der Waals surface area contributed by atoms with E-state index in [2.05, 4.69) is 0 Å². The number of carbonyl (C=O) groups excluding carboxylic acids is 3. The first-order chi connectivity index (χ1) is 17.4. The van der Waals surface area contributed by atoms with Gasteiger partial charge in [0, 0.05) is 31.9 Å². The first-order valence-corrected chi connectivity index (χ1v) is 12.3. The Hall–Kier alpha value is -3.94. The average Bonchev–Trinajstić information content (AvgIpc) is 3.34. The summed E-state index contributed by atoms with van der Waals surface area (Å²) in [6.07, 6.45) is 2.87. The highest BCUT2D eigenvalue weighted by Crippen LogP contribution is 2.27. The van der Waals surface area contributed by atoms with Crippen LogP contribution < -0.4 is 0 Å². The third-order valence-corrected chi connectivity index (χ3v) is 6.55. The van der Waals surface area contributed by atoms with Gasteiger partial charge in [0.15, 0.2) is 0 Å². The van der Waals surface area contributed by atoms with Crippen molar-refractivity contribution in [1.29, 1.82) is 0 Å². The molecule has 0 N–H and O–H groups in total. The predicted molar refractivity (Wildman–Crippen MR) is 137 cm³/mol. The van der Waals surface area contributed by atoms with Crippen molar-refractivity contribution in [1.82, 2.24) is 19.6 Å². The number of rotatable bonds is 7. The molecule has 1 aliphatic heterocycles. The smallest absolute Gasteiger partial charge is 0.309 e. The second kappa shape index (κ2) is 11.2. The average molecular weight is 489 g/mol. The zero-order chi connectivity index (χ0) is 25.7. The van der Waals surface area contributed by atoms with Gasteiger partial charge in [-0.05, 0) is 44.4 Å². The van der Waals surface area contributed by atoms with Crippen LogP contribution >= 0.6 is 0 Å². The third-order valence-electron chi connectivity index (χ3n) is 6.55. The van der Waals surface area contributed by atoms with E-state index in [0.717, 1.165) is 16.8 Å². The first kappa shape index (κ1) is 25.2. The van der Waals surface area contributed by atoms with E-state index in [4.69, 9.17) is 9.84 Å². The predicted octanol–water partition coefficient (Wildman–Crippen LogP) is 3.72.